The smallest absolute Gasteiger partial charge is 0.165 e. The Bertz CT molecular complexity index is 449. The third kappa shape index (κ3) is 6.23. The monoisotopic (exact) mass is 265 g/mol. The van der Waals surface area contributed by atoms with E-state index in [1.54, 1.807) is 12.1 Å². The summed E-state index contributed by atoms with van der Waals surface area (Å²) < 4.78 is 24.2. The van der Waals surface area contributed by atoms with Gasteiger partial charge < -0.3 is 15.2 Å². The van der Waals surface area contributed by atoms with Crippen LogP contribution in [-0.4, -0.2) is 26.4 Å². The van der Waals surface area contributed by atoms with Gasteiger partial charge in [-0.15, -0.1) is 0 Å². The van der Waals surface area contributed by atoms with Gasteiger partial charge in [-0.25, -0.2) is 4.39 Å². The van der Waals surface area contributed by atoms with Crippen molar-refractivity contribution in [1.82, 2.24) is 0 Å². The Morgan fingerprint density at radius 1 is 1.32 bits per heavy atom. The van der Waals surface area contributed by atoms with Crippen LogP contribution in [0, 0.1) is 23.6 Å². The molecule has 1 aromatic rings. The Kier molecular flexibility index (Phi) is 6.94. The highest BCUT2D eigenvalue weighted by atomic mass is 19.1. The summed E-state index contributed by atoms with van der Waals surface area (Å²) in [7, 11) is 0. The number of hydrogen-bond donors (Lipinski definition) is 1. The van der Waals surface area contributed by atoms with Gasteiger partial charge in [0.25, 0.3) is 0 Å². The summed E-state index contributed by atoms with van der Waals surface area (Å²) in [5.41, 5.74) is 5.97. The average Bonchev–Trinajstić information content (AvgIpc) is 2.38. The number of rotatable bonds is 6. The lowest BCUT2D eigenvalue weighted by atomic mass is 10.2. The zero-order valence-corrected chi connectivity index (χ0v) is 11.4. The highest BCUT2D eigenvalue weighted by Gasteiger charge is 2.04. The van der Waals surface area contributed by atoms with Crippen molar-refractivity contribution in [2.45, 2.75) is 13.8 Å². The zero-order chi connectivity index (χ0) is 14.1. The van der Waals surface area contributed by atoms with Gasteiger partial charge in [-0.2, -0.15) is 0 Å². The van der Waals surface area contributed by atoms with Crippen molar-refractivity contribution in [3.63, 3.8) is 0 Å². The van der Waals surface area contributed by atoms with Gasteiger partial charge in [0.15, 0.2) is 11.6 Å². The molecule has 19 heavy (non-hydrogen) atoms. The molecule has 0 aromatic heterocycles. The van der Waals surface area contributed by atoms with Crippen molar-refractivity contribution < 1.29 is 13.9 Å². The molecule has 1 aromatic carbocycles. The van der Waals surface area contributed by atoms with E-state index in [0.29, 0.717) is 31.3 Å². The second-order valence-corrected chi connectivity index (χ2v) is 4.47. The number of ether oxygens (including phenoxy) is 2. The molecule has 0 spiro atoms. The van der Waals surface area contributed by atoms with Gasteiger partial charge in [-0.1, -0.05) is 25.7 Å². The first kappa shape index (κ1) is 15.5. The molecule has 0 aliphatic carbocycles. The molecule has 3 nitrogen and oxygen atoms in total. The van der Waals surface area contributed by atoms with Crippen LogP contribution in [0.1, 0.15) is 19.4 Å². The maximum Gasteiger partial charge on any atom is 0.165 e. The number of hydrogen-bond acceptors (Lipinski definition) is 3. The van der Waals surface area contributed by atoms with Crippen molar-refractivity contribution in [2.75, 3.05) is 26.4 Å². The van der Waals surface area contributed by atoms with Gasteiger partial charge in [-0.05, 0) is 24.1 Å². The Labute approximate surface area is 113 Å². The molecule has 0 heterocycles. The molecule has 0 saturated carbocycles. The first-order valence-electron chi connectivity index (χ1n) is 6.32. The molecule has 0 amide bonds. The van der Waals surface area contributed by atoms with E-state index in [2.05, 4.69) is 25.7 Å². The van der Waals surface area contributed by atoms with E-state index in [0.717, 1.165) is 0 Å². The highest BCUT2D eigenvalue weighted by Crippen LogP contribution is 2.18. The van der Waals surface area contributed by atoms with E-state index in [1.807, 2.05) is 0 Å². The molecule has 104 valence electrons. The van der Waals surface area contributed by atoms with E-state index < -0.39 is 5.82 Å². The third-order valence-electron chi connectivity index (χ3n) is 2.20. The van der Waals surface area contributed by atoms with Crippen LogP contribution in [0.5, 0.6) is 5.75 Å². The lowest BCUT2D eigenvalue weighted by Gasteiger charge is -2.09. The van der Waals surface area contributed by atoms with E-state index >= 15 is 0 Å². The molecule has 0 fully saturated rings. The van der Waals surface area contributed by atoms with E-state index in [9.17, 15) is 4.39 Å². The van der Waals surface area contributed by atoms with Crippen molar-refractivity contribution in [3.8, 4) is 17.6 Å². The molecule has 1 rings (SSSR count). The molecule has 0 aliphatic heterocycles. The van der Waals surface area contributed by atoms with Crippen LogP contribution in [0.2, 0.25) is 0 Å². The molecular weight excluding hydrogens is 245 g/mol. The van der Waals surface area contributed by atoms with E-state index in [-0.39, 0.29) is 12.3 Å². The summed E-state index contributed by atoms with van der Waals surface area (Å²) in [6.07, 6.45) is 0. The van der Waals surface area contributed by atoms with Crippen LogP contribution in [-0.2, 0) is 4.74 Å². The largest absolute Gasteiger partial charge is 0.488 e. The standard InChI is InChI=1S/C15H20FNO2/c1-12(2)11-18-8-9-19-15-10-13(4-3-7-17)5-6-14(15)16/h5-6,10,12H,7-9,11,17H2,1-2H3. The molecule has 4 heteroatoms. The van der Waals surface area contributed by atoms with Gasteiger partial charge in [0.05, 0.1) is 13.2 Å². The van der Waals surface area contributed by atoms with Crippen molar-refractivity contribution in [3.05, 3.63) is 29.6 Å². The summed E-state index contributed by atoms with van der Waals surface area (Å²) in [6, 6.07) is 4.51. The number of nitrogens with two attached hydrogens (primary N) is 1. The molecule has 0 unspecified atom stereocenters. The van der Waals surface area contributed by atoms with Crippen LogP contribution in [0.4, 0.5) is 4.39 Å². The predicted molar refractivity (Wildman–Crippen MR) is 73.5 cm³/mol. The first-order valence-corrected chi connectivity index (χ1v) is 6.32. The minimum Gasteiger partial charge on any atom is -0.488 e. The molecule has 2 N–H and O–H groups in total. The second kappa shape index (κ2) is 8.52. The molecular formula is C15H20FNO2. The van der Waals surface area contributed by atoms with Gasteiger partial charge in [-0.3, -0.25) is 0 Å². The Hall–Kier alpha value is -1.57. The maximum atomic E-state index is 13.5. The molecule has 0 aliphatic rings. The normalized spacial score (nSPS) is 10.2. The number of halogens is 1. The summed E-state index contributed by atoms with van der Waals surface area (Å²) in [5.74, 6) is 5.82. The topological polar surface area (TPSA) is 44.5 Å². The highest BCUT2D eigenvalue weighted by molar-refractivity contribution is 5.40. The Morgan fingerprint density at radius 3 is 2.79 bits per heavy atom. The van der Waals surface area contributed by atoms with E-state index in [1.165, 1.54) is 6.07 Å². The van der Waals surface area contributed by atoms with E-state index in [4.69, 9.17) is 15.2 Å². The average molecular weight is 265 g/mol. The second-order valence-electron chi connectivity index (χ2n) is 4.47. The minimum absolute atomic E-state index is 0.192. The summed E-state index contributed by atoms with van der Waals surface area (Å²) >= 11 is 0. The van der Waals surface area contributed by atoms with Crippen molar-refractivity contribution in [1.29, 1.82) is 0 Å². The summed E-state index contributed by atoms with van der Waals surface area (Å²) in [5, 5.41) is 0. The predicted octanol–water partition coefficient (Wildman–Crippen LogP) is 2.19. The van der Waals surface area contributed by atoms with Crippen LogP contribution in [0.3, 0.4) is 0 Å². The van der Waals surface area contributed by atoms with Gasteiger partial charge in [0.2, 0.25) is 0 Å². The molecule has 0 atom stereocenters. The first-order chi connectivity index (χ1) is 9.13. The van der Waals surface area contributed by atoms with Gasteiger partial charge in [0.1, 0.15) is 6.61 Å². The van der Waals surface area contributed by atoms with Gasteiger partial charge in [0, 0.05) is 12.2 Å². The summed E-state index contributed by atoms with van der Waals surface area (Å²) in [6.45, 7) is 5.85. The number of benzene rings is 1. The van der Waals surface area contributed by atoms with Crippen molar-refractivity contribution >= 4 is 0 Å². The fraction of sp³-hybridized carbons (Fsp3) is 0.467. The van der Waals surface area contributed by atoms with Crippen LogP contribution in [0.25, 0.3) is 0 Å². The summed E-state index contributed by atoms with van der Waals surface area (Å²) in [4.78, 5) is 0. The van der Waals surface area contributed by atoms with Crippen LogP contribution in [0.15, 0.2) is 18.2 Å². The van der Waals surface area contributed by atoms with Crippen LogP contribution < -0.4 is 10.5 Å². The lowest BCUT2D eigenvalue weighted by Crippen LogP contribution is -2.10. The molecule has 0 radical (unpaired) electrons. The van der Waals surface area contributed by atoms with Gasteiger partial charge >= 0.3 is 0 Å². The Balaban J connectivity index is 2.48. The Morgan fingerprint density at radius 2 is 2.11 bits per heavy atom. The van der Waals surface area contributed by atoms with Crippen LogP contribution >= 0.6 is 0 Å². The van der Waals surface area contributed by atoms with Crippen molar-refractivity contribution in [2.24, 2.45) is 11.7 Å². The molecule has 0 saturated heterocycles. The fourth-order valence-corrected chi connectivity index (χ4v) is 1.37. The molecule has 0 bridgehead atoms. The SMILES string of the molecule is CC(C)COCCOc1cc(C#CCN)ccc1F. The third-order valence-corrected chi connectivity index (χ3v) is 2.20. The quantitative estimate of drug-likeness (QED) is 0.633. The fourth-order valence-electron chi connectivity index (χ4n) is 1.37. The zero-order valence-electron chi connectivity index (χ0n) is 11.4. The maximum absolute atomic E-state index is 13.5. The lowest BCUT2D eigenvalue weighted by molar-refractivity contribution is 0.0808. The minimum atomic E-state index is -0.401.